The lowest BCUT2D eigenvalue weighted by Gasteiger charge is -2.17. The highest BCUT2D eigenvalue weighted by atomic mass is 35.5. The van der Waals surface area contributed by atoms with E-state index >= 15 is 0 Å². The first-order chi connectivity index (χ1) is 10.0. The van der Waals surface area contributed by atoms with Crippen molar-refractivity contribution in [1.29, 1.82) is 0 Å². The summed E-state index contributed by atoms with van der Waals surface area (Å²) in [5.74, 6) is 0.175. The molecule has 0 heterocycles. The molecule has 0 fully saturated rings. The fourth-order valence-electron chi connectivity index (χ4n) is 2.05. The third kappa shape index (κ3) is 5.33. The highest BCUT2D eigenvalue weighted by Gasteiger charge is 2.05. The molecule has 2 aromatic rings. The van der Waals surface area contributed by atoms with Crippen molar-refractivity contribution in [3.8, 4) is 5.75 Å². The molecule has 0 unspecified atom stereocenters. The Balaban J connectivity index is 1.90. The molecule has 0 saturated carbocycles. The molecule has 0 aliphatic heterocycles. The van der Waals surface area contributed by atoms with E-state index in [2.05, 4.69) is 9.64 Å². The Bertz CT molecular complexity index is 557. The lowest BCUT2D eigenvalue weighted by molar-refractivity contribution is -0.0498. The smallest absolute Gasteiger partial charge is 0.387 e. The van der Waals surface area contributed by atoms with Crippen LogP contribution in [0.5, 0.6) is 5.75 Å². The number of benzene rings is 2. The number of halogens is 3. The van der Waals surface area contributed by atoms with Gasteiger partial charge in [-0.2, -0.15) is 8.78 Å². The van der Waals surface area contributed by atoms with E-state index < -0.39 is 6.61 Å². The second-order valence-electron chi connectivity index (χ2n) is 4.82. The molecule has 0 bridgehead atoms. The van der Waals surface area contributed by atoms with E-state index in [1.165, 1.54) is 5.56 Å². The van der Waals surface area contributed by atoms with Crippen molar-refractivity contribution in [2.45, 2.75) is 19.7 Å². The molecule has 2 aromatic carbocycles. The quantitative estimate of drug-likeness (QED) is 0.774. The van der Waals surface area contributed by atoms with E-state index in [1.807, 2.05) is 31.3 Å². The van der Waals surface area contributed by atoms with E-state index in [9.17, 15) is 8.78 Å². The van der Waals surface area contributed by atoms with Gasteiger partial charge in [0.05, 0.1) is 0 Å². The first kappa shape index (κ1) is 15.7. The summed E-state index contributed by atoms with van der Waals surface area (Å²) in [4.78, 5) is 2.13. The Hall–Kier alpha value is -1.65. The zero-order valence-electron chi connectivity index (χ0n) is 11.6. The molecule has 0 N–H and O–H groups in total. The standard InChI is InChI=1S/C16H16ClF2NO/c1-20(10-12-2-6-14(17)7-3-12)11-13-4-8-15(9-5-13)21-16(18)19/h2-9,16H,10-11H2,1H3. The number of ether oxygens (including phenoxy) is 1. The van der Waals surface area contributed by atoms with Crippen LogP contribution in [0.4, 0.5) is 8.78 Å². The van der Waals surface area contributed by atoms with Crippen molar-refractivity contribution in [3.63, 3.8) is 0 Å². The minimum absolute atomic E-state index is 0.175. The predicted octanol–water partition coefficient (Wildman–Crippen LogP) is 4.57. The summed E-state index contributed by atoms with van der Waals surface area (Å²) in [7, 11) is 2.00. The summed E-state index contributed by atoms with van der Waals surface area (Å²) in [6, 6.07) is 14.4. The molecule has 0 aliphatic rings. The minimum atomic E-state index is -2.79. The fraction of sp³-hybridized carbons (Fsp3) is 0.250. The van der Waals surface area contributed by atoms with Gasteiger partial charge in [0.15, 0.2) is 0 Å². The number of hydrogen-bond acceptors (Lipinski definition) is 2. The molecule has 0 saturated heterocycles. The van der Waals surface area contributed by atoms with E-state index in [1.54, 1.807) is 24.3 Å². The van der Waals surface area contributed by atoms with Gasteiger partial charge in [-0.1, -0.05) is 35.9 Å². The van der Waals surface area contributed by atoms with E-state index in [0.717, 1.165) is 23.7 Å². The van der Waals surface area contributed by atoms with Crippen molar-refractivity contribution in [1.82, 2.24) is 4.90 Å². The van der Waals surface area contributed by atoms with Gasteiger partial charge in [-0.25, -0.2) is 0 Å². The van der Waals surface area contributed by atoms with Crippen LogP contribution in [0.25, 0.3) is 0 Å². The predicted molar refractivity (Wildman–Crippen MR) is 79.7 cm³/mol. The zero-order chi connectivity index (χ0) is 15.2. The molecular formula is C16H16ClF2NO. The first-order valence-corrected chi connectivity index (χ1v) is 6.87. The topological polar surface area (TPSA) is 12.5 Å². The van der Waals surface area contributed by atoms with Crippen molar-refractivity contribution < 1.29 is 13.5 Å². The summed E-state index contributed by atoms with van der Waals surface area (Å²) >= 11 is 5.85. The van der Waals surface area contributed by atoms with E-state index in [4.69, 9.17) is 11.6 Å². The highest BCUT2D eigenvalue weighted by Crippen LogP contribution is 2.17. The number of nitrogens with zero attached hydrogens (tertiary/aromatic N) is 1. The summed E-state index contributed by atoms with van der Waals surface area (Å²) < 4.78 is 28.4. The van der Waals surface area contributed by atoms with Crippen LogP contribution in [0, 0.1) is 0 Å². The van der Waals surface area contributed by atoms with Gasteiger partial charge in [0, 0.05) is 18.1 Å². The average molecular weight is 312 g/mol. The van der Waals surface area contributed by atoms with Gasteiger partial charge in [0.1, 0.15) is 5.75 Å². The maximum absolute atomic E-state index is 12.1. The second kappa shape index (κ2) is 7.38. The maximum atomic E-state index is 12.1. The highest BCUT2D eigenvalue weighted by molar-refractivity contribution is 6.30. The normalized spacial score (nSPS) is 11.1. The number of alkyl halides is 2. The maximum Gasteiger partial charge on any atom is 0.387 e. The fourth-order valence-corrected chi connectivity index (χ4v) is 2.17. The lowest BCUT2D eigenvalue weighted by Crippen LogP contribution is -2.17. The van der Waals surface area contributed by atoms with Crippen molar-refractivity contribution >= 4 is 11.6 Å². The largest absolute Gasteiger partial charge is 0.435 e. The van der Waals surface area contributed by atoms with Gasteiger partial charge in [0.2, 0.25) is 0 Å². The third-order valence-corrected chi connectivity index (χ3v) is 3.22. The van der Waals surface area contributed by atoms with Gasteiger partial charge < -0.3 is 4.74 Å². The average Bonchev–Trinajstić information content (AvgIpc) is 2.43. The van der Waals surface area contributed by atoms with Crippen LogP contribution in [-0.4, -0.2) is 18.6 Å². The Kier molecular flexibility index (Phi) is 5.53. The molecule has 5 heteroatoms. The van der Waals surface area contributed by atoms with Gasteiger partial charge in [-0.05, 0) is 42.4 Å². The summed E-state index contributed by atoms with van der Waals surface area (Å²) in [5.41, 5.74) is 2.20. The Morgan fingerprint density at radius 3 is 1.90 bits per heavy atom. The SMILES string of the molecule is CN(Cc1ccc(Cl)cc1)Cc1ccc(OC(F)F)cc1. The molecular weight excluding hydrogens is 296 g/mol. The Morgan fingerprint density at radius 1 is 0.952 bits per heavy atom. The van der Waals surface area contributed by atoms with E-state index in [0.29, 0.717) is 0 Å². The van der Waals surface area contributed by atoms with Crippen molar-refractivity contribution in [2.24, 2.45) is 0 Å². The molecule has 0 aromatic heterocycles. The molecule has 21 heavy (non-hydrogen) atoms. The second-order valence-corrected chi connectivity index (χ2v) is 5.26. The molecule has 0 spiro atoms. The van der Waals surface area contributed by atoms with Crippen LogP contribution in [0.1, 0.15) is 11.1 Å². The van der Waals surface area contributed by atoms with Crippen LogP contribution in [0.3, 0.4) is 0 Å². The minimum Gasteiger partial charge on any atom is -0.435 e. The monoisotopic (exact) mass is 311 g/mol. The third-order valence-electron chi connectivity index (χ3n) is 2.97. The van der Waals surface area contributed by atoms with Gasteiger partial charge >= 0.3 is 6.61 Å². The summed E-state index contributed by atoms with van der Waals surface area (Å²) in [6.07, 6.45) is 0. The van der Waals surface area contributed by atoms with Crippen LogP contribution in [-0.2, 0) is 13.1 Å². The molecule has 2 nitrogen and oxygen atoms in total. The van der Waals surface area contributed by atoms with Gasteiger partial charge in [-0.3, -0.25) is 4.90 Å². The molecule has 112 valence electrons. The number of hydrogen-bond donors (Lipinski definition) is 0. The van der Waals surface area contributed by atoms with Gasteiger partial charge in [0.25, 0.3) is 0 Å². The number of rotatable bonds is 6. The van der Waals surface area contributed by atoms with Crippen LogP contribution < -0.4 is 4.74 Å². The van der Waals surface area contributed by atoms with Crippen molar-refractivity contribution in [2.75, 3.05) is 7.05 Å². The molecule has 0 amide bonds. The molecule has 0 radical (unpaired) electrons. The first-order valence-electron chi connectivity index (χ1n) is 6.49. The van der Waals surface area contributed by atoms with Crippen LogP contribution in [0.15, 0.2) is 48.5 Å². The molecule has 0 atom stereocenters. The summed E-state index contributed by atoms with van der Waals surface area (Å²) in [5, 5.41) is 0.719. The van der Waals surface area contributed by atoms with Gasteiger partial charge in [-0.15, -0.1) is 0 Å². The van der Waals surface area contributed by atoms with Crippen LogP contribution >= 0.6 is 11.6 Å². The summed E-state index contributed by atoms with van der Waals surface area (Å²) in [6.45, 7) is -1.28. The Labute approximate surface area is 127 Å². The van der Waals surface area contributed by atoms with E-state index in [-0.39, 0.29) is 5.75 Å². The zero-order valence-corrected chi connectivity index (χ0v) is 12.4. The lowest BCUT2D eigenvalue weighted by atomic mass is 10.2. The van der Waals surface area contributed by atoms with Crippen LogP contribution in [0.2, 0.25) is 5.02 Å². The Morgan fingerprint density at radius 2 is 1.43 bits per heavy atom. The molecule has 2 rings (SSSR count). The van der Waals surface area contributed by atoms with Crippen molar-refractivity contribution in [3.05, 3.63) is 64.7 Å². The molecule has 0 aliphatic carbocycles.